The van der Waals surface area contributed by atoms with Crippen LogP contribution in [0.15, 0.2) is 30.5 Å². The Bertz CT molecular complexity index is 629. The van der Waals surface area contributed by atoms with Crippen molar-refractivity contribution in [2.75, 3.05) is 18.4 Å². The molecule has 110 valence electrons. The highest BCUT2D eigenvalue weighted by Gasteiger charge is 2.16. The highest BCUT2D eigenvalue weighted by Crippen LogP contribution is 2.20. The van der Waals surface area contributed by atoms with Crippen molar-refractivity contribution in [2.24, 2.45) is 0 Å². The number of hydrogen-bond acceptors (Lipinski definition) is 3. The maximum absolute atomic E-state index is 12.3. The number of amides is 1. The van der Waals surface area contributed by atoms with Crippen LogP contribution in [-0.2, 0) is 6.54 Å². The van der Waals surface area contributed by atoms with E-state index < -0.39 is 0 Å². The molecular formula is C16H20N4O. The van der Waals surface area contributed by atoms with Gasteiger partial charge in [-0.3, -0.25) is 14.8 Å². The van der Waals surface area contributed by atoms with Crippen molar-refractivity contribution in [1.82, 2.24) is 15.1 Å². The average Bonchev–Trinajstić information content (AvgIpc) is 3.12. The smallest absolute Gasteiger partial charge is 0.259 e. The number of nitrogens with one attached hydrogen (secondary N) is 2. The van der Waals surface area contributed by atoms with Gasteiger partial charge in [0.1, 0.15) is 0 Å². The van der Waals surface area contributed by atoms with E-state index in [-0.39, 0.29) is 5.91 Å². The lowest BCUT2D eigenvalue weighted by Crippen LogP contribution is -2.20. The van der Waals surface area contributed by atoms with Gasteiger partial charge in [0.25, 0.3) is 5.91 Å². The second-order valence-corrected chi connectivity index (χ2v) is 5.50. The molecule has 0 unspecified atom stereocenters. The number of aromatic nitrogens is 2. The summed E-state index contributed by atoms with van der Waals surface area (Å²) in [7, 11) is 0. The van der Waals surface area contributed by atoms with Crippen molar-refractivity contribution in [2.45, 2.75) is 26.3 Å². The third-order valence-corrected chi connectivity index (χ3v) is 3.93. The number of H-pyrrole nitrogens is 1. The maximum atomic E-state index is 12.3. The molecule has 3 rings (SSSR count). The molecule has 1 aliphatic rings. The number of carbonyl (C=O) groups is 1. The lowest BCUT2D eigenvalue weighted by Gasteiger charge is -2.17. The molecule has 2 heterocycles. The van der Waals surface area contributed by atoms with Gasteiger partial charge in [-0.25, -0.2) is 0 Å². The molecule has 0 atom stereocenters. The van der Waals surface area contributed by atoms with E-state index in [4.69, 9.17) is 0 Å². The molecule has 0 radical (unpaired) electrons. The van der Waals surface area contributed by atoms with Crippen LogP contribution in [0, 0.1) is 6.92 Å². The molecule has 2 N–H and O–H groups in total. The van der Waals surface area contributed by atoms with Crippen LogP contribution in [0.1, 0.15) is 34.5 Å². The van der Waals surface area contributed by atoms with Gasteiger partial charge in [-0.05, 0) is 44.5 Å². The molecule has 5 nitrogen and oxygen atoms in total. The summed E-state index contributed by atoms with van der Waals surface area (Å²) in [5.41, 5.74) is 3.42. The molecule has 0 spiro atoms. The molecule has 1 amide bonds. The summed E-state index contributed by atoms with van der Waals surface area (Å²) in [5, 5.41) is 9.69. The number of benzene rings is 1. The Labute approximate surface area is 124 Å². The fourth-order valence-electron chi connectivity index (χ4n) is 2.73. The summed E-state index contributed by atoms with van der Waals surface area (Å²) in [4.78, 5) is 14.7. The Balaban J connectivity index is 1.75. The first kappa shape index (κ1) is 13.8. The van der Waals surface area contributed by atoms with E-state index >= 15 is 0 Å². The van der Waals surface area contributed by atoms with Gasteiger partial charge in [-0.1, -0.05) is 18.2 Å². The van der Waals surface area contributed by atoms with Crippen molar-refractivity contribution in [3.05, 3.63) is 47.3 Å². The molecule has 5 heteroatoms. The first-order valence-corrected chi connectivity index (χ1v) is 7.35. The topological polar surface area (TPSA) is 61.0 Å². The maximum Gasteiger partial charge on any atom is 0.259 e. The van der Waals surface area contributed by atoms with E-state index in [1.165, 1.54) is 12.8 Å². The normalized spacial score (nSPS) is 15.3. The van der Waals surface area contributed by atoms with Crippen molar-refractivity contribution in [1.29, 1.82) is 0 Å². The zero-order valence-electron chi connectivity index (χ0n) is 12.2. The molecule has 21 heavy (non-hydrogen) atoms. The van der Waals surface area contributed by atoms with E-state index in [0.29, 0.717) is 5.56 Å². The largest absolute Gasteiger partial charge is 0.322 e. The Morgan fingerprint density at radius 3 is 2.81 bits per heavy atom. The van der Waals surface area contributed by atoms with Crippen LogP contribution >= 0.6 is 0 Å². The van der Waals surface area contributed by atoms with Crippen molar-refractivity contribution < 1.29 is 4.79 Å². The zero-order valence-corrected chi connectivity index (χ0v) is 12.2. The lowest BCUT2D eigenvalue weighted by atomic mass is 10.1. The van der Waals surface area contributed by atoms with Crippen LogP contribution < -0.4 is 5.32 Å². The number of nitrogens with zero attached hydrogens (tertiary/aromatic N) is 2. The van der Waals surface area contributed by atoms with Crippen LogP contribution in [0.3, 0.4) is 0 Å². The third-order valence-electron chi connectivity index (χ3n) is 3.93. The van der Waals surface area contributed by atoms with Gasteiger partial charge in [0.15, 0.2) is 0 Å². The number of carbonyl (C=O) groups excluding carboxylic acids is 1. The fraction of sp³-hybridized carbons (Fsp3) is 0.375. The predicted octanol–water partition coefficient (Wildman–Crippen LogP) is 2.57. The van der Waals surface area contributed by atoms with Gasteiger partial charge >= 0.3 is 0 Å². The quantitative estimate of drug-likeness (QED) is 0.907. The third kappa shape index (κ3) is 3.13. The minimum absolute atomic E-state index is 0.116. The van der Waals surface area contributed by atoms with Crippen molar-refractivity contribution >= 4 is 11.6 Å². The Morgan fingerprint density at radius 1 is 1.33 bits per heavy atom. The van der Waals surface area contributed by atoms with Crippen LogP contribution in [0.5, 0.6) is 0 Å². The highest BCUT2D eigenvalue weighted by atomic mass is 16.1. The second-order valence-electron chi connectivity index (χ2n) is 5.50. The molecular weight excluding hydrogens is 264 g/mol. The molecule has 0 aliphatic carbocycles. The number of para-hydroxylation sites is 1. The second kappa shape index (κ2) is 6.10. The predicted molar refractivity (Wildman–Crippen MR) is 82.2 cm³/mol. The number of hydrogen-bond donors (Lipinski definition) is 2. The van der Waals surface area contributed by atoms with Crippen molar-refractivity contribution in [3.8, 4) is 0 Å². The Hall–Kier alpha value is -2.14. The summed E-state index contributed by atoms with van der Waals surface area (Å²) in [6.07, 6.45) is 4.10. The number of aromatic amines is 1. The molecule has 1 saturated heterocycles. The van der Waals surface area contributed by atoms with Crippen LogP contribution in [0.4, 0.5) is 5.69 Å². The molecule has 2 aromatic rings. The number of likely N-dealkylation sites (tertiary alicyclic amines) is 1. The number of aryl methyl sites for hydroxylation is 1. The molecule has 0 bridgehead atoms. The first-order valence-electron chi connectivity index (χ1n) is 7.35. The minimum atomic E-state index is -0.116. The number of anilines is 1. The van der Waals surface area contributed by atoms with Gasteiger partial charge < -0.3 is 5.32 Å². The van der Waals surface area contributed by atoms with E-state index in [1.54, 1.807) is 6.20 Å². The van der Waals surface area contributed by atoms with E-state index in [0.717, 1.165) is 36.6 Å². The van der Waals surface area contributed by atoms with Gasteiger partial charge in [0, 0.05) is 17.9 Å². The number of rotatable bonds is 4. The summed E-state index contributed by atoms with van der Waals surface area (Å²) >= 11 is 0. The molecule has 1 fully saturated rings. The van der Waals surface area contributed by atoms with Gasteiger partial charge in [-0.15, -0.1) is 0 Å². The summed E-state index contributed by atoms with van der Waals surface area (Å²) in [6.45, 7) is 5.02. The highest BCUT2D eigenvalue weighted by molar-refractivity contribution is 6.05. The van der Waals surface area contributed by atoms with Crippen LogP contribution in [0.2, 0.25) is 0 Å². The summed E-state index contributed by atoms with van der Waals surface area (Å²) < 4.78 is 0. The van der Waals surface area contributed by atoms with Crippen LogP contribution in [-0.4, -0.2) is 34.1 Å². The monoisotopic (exact) mass is 284 g/mol. The van der Waals surface area contributed by atoms with Gasteiger partial charge in [0.05, 0.1) is 11.8 Å². The zero-order chi connectivity index (χ0) is 14.7. The summed E-state index contributed by atoms with van der Waals surface area (Å²) in [5.74, 6) is -0.116. The van der Waals surface area contributed by atoms with Gasteiger partial charge in [0.2, 0.25) is 0 Å². The average molecular weight is 284 g/mol. The molecule has 1 aromatic carbocycles. The van der Waals surface area contributed by atoms with E-state index in [2.05, 4.69) is 26.5 Å². The lowest BCUT2D eigenvalue weighted by molar-refractivity contribution is 0.102. The van der Waals surface area contributed by atoms with E-state index in [9.17, 15) is 4.79 Å². The Morgan fingerprint density at radius 2 is 2.10 bits per heavy atom. The standard InChI is InChI=1S/C16H20N4O/c1-12-14(10-17-19-12)16(21)18-15-7-3-2-6-13(15)11-20-8-4-5-9-20/h2-3,6-7,10H,4-5,8-9,11H2,1H3,(H,17,19)(H,18,21). The first-order chi connectivity index (χ1) is 10.2. The molecule has 1 aromatic heterocycles. The van der Waals surface area contributed by atoms with Gasteiger partial charge in [-0.2, -0.15) is 5.10 Å². The van der Waals surface area contributed by atoms with Crippen molar-refractivity contribution in [3.63, 3.8) is 0 Å². The van der Waals surface area contributed by atoms with E-state index in [1.807, 2.05) is 25.1 Å². The summed E-state index contributed by atoms with van der Waals surface area (Å²) in [6, 6.07) is 8.00. The Kier molecular flexibility index (Phi) is 4.01. The fourth-order valence-corrected chi connectivity index (χ4v) is 2.73. The SMILES string of the molecule is Cc1[nH]ncc1C(=O)Nc1ccccc1CN1CCCC1. The minimum Gasteiger partial charge on any atom is -0.322 e. The molecule has 1 aliphatic heterocycles. The molecule has 0 saturated carbocycles. The van der Waals surface area contributed by atoms with Crippen LogP contribution in [0.25, 0.3) is 0 Å².